The summed E-state index contributed by atoms with van der Waals surface area (Å²) in [6.07, 6.45) is 2.49. The van der Waals surface area contributed by atoms with E-state index in [1.165, 1.54) is 12.8 Å². The summed E-state index contributed by atoms with van der Waals surface area (Å²) in [6, 6.07) is 0. The number of carboxylic acids is 1. The average molecular weight is 182 g/mol. The van der Waals surface area contributed by atoms with Crippen LogP contribution in [0.3, 0.4) is 0 Å². The van der Waals surface area contributed by atoms with Crippen molar-refractivity contribution in [2.75, 3.05) is 13.1 Å². The molecule has 1 saturated heterocycles. The van der Waals surface area contributed by atoms with E-state index in [0.29, 0.717) is 12.5 Å². The number of aliphatic carboxylic acids is 1. The number of carbonyl (C=O) groups is 2. The topological polar surface area (TPSA) is 60.4 Å². The molecule has 1 aliphatic heterocycles. The van der Waals surface area contributed by atoms with Crippen molar-refractivity contribution in [2.24, 2.45) is 11.8 Å². The Hall–Kier alpha value is -1.06. The standard InChI is InChI=1S/C9H13NO3/c11-8-3-7(9(12)13)5-10(8)4-6-1-2-6/h6-7H,1-5H2,(H,12,13)/p-1/t7-/m0/s1. The second-order valence-corrected chi connectivity index (χ2v) is 3.96. The van der Waals surface area contributed by atoms with Crippen molar-refractivity contribution < 1.29 is 14.7 Å². The molecule has 0 aromatic rings. The molecule has 2 aliphatic rings. The zero-order valence-electron chi connectivity index (χ0n) is 7.36. The Kier molecular flexibility index (Phi) is 1.98. The molecule has 4 nitrogen and oxygen atoms in total. The van der Waals surface area contributed by atoms with E-state index in [9.17, 15) is 14.7 Å². The van der Waals surface area contributed by atoms with Gasteiger partial charge in [-0.05, 0) is 18.8 Å². The van der Waals surface area contributed by atoms with Crippen LogP contribution in [-0.2, 0) is 9.59 Å². The summed E-state index contributed by atoms with van der Waals surface area (Å²) < 4.78 is 0. The average Bonchev–Trinajstić information content (AvgIpc) is 2.78. The summed E-state index contributed by atoms with van der Waals surface area (Å²) in [4.78, 5) is 23.5. The molecule has 0 bridgehead atoms. The molecule has 72 valence electrons. The van der Waals surface area contributed by atoms with Gasteiger partial charge in [0.1, 0.15) is 0 Å². The van der Waals surface area contributed by atoms with Gasteiger partial charge in [-0.15, -0.1) is 0 Å². The Labute approximate surface area is 76.5 Å². The Morgan fingerprint density at radius 3 is 2.69 bits per heavy atom. The van der Waals surface area contributed by atoms with Crippen LogP contribution in [0.15, 0.2) is 0 Å². The minimum Gasteiger partial charge on any atom is -0.550 e. The van der Waals surface area contributed by atoms with Gasteiger partial charge in [-0.1, -0.05) is 0 Å². The number of nitrogens with zero attached hydrogens (tertiary/aromatic N) is 1. The van der Waals surface area contributed by atoms with Gasteiger partial charge in [0.15, 0.2) is 0 Å². The fraction of sp³-hybridized carbons (Fsp3) is 0.778. The Morgan fingerprint density at radius 2 is 2.23 bits per heavy atom. The molecule has 0 unspecified atom stereocenters. The second-order valence-electron chi connectivity index (χ2n) is 3.96. The first-order valence-electron chi connectivity index (χ1n) is 4.65. The summed E-state index contributed by atoms with van der Waals surface area (Å²) in [5.41, 5.74) is 0. The van der Waals surface area contributed by atoms with Gasteiger partial charge in [-0.25, -0.2) is 0 Å². The predicted molar refractivity (Wildman–Crippen MR) is 42.4 cm³/mol. The zero-order valence-corrected chi connectivity index (χ0v) is 7.36. The largest absolute Gasteiger partial charge is 0.550 e. The smallest absolute Gasteiger partial charge is 0.223 e. The van der Waals surface area contributed by atoms with Crippen molar-refractivity contribution in [1.82, 2.24) is 4.90 Å². The van der Waals surface area contributed by atoms with Crippen LogP contribution in [0.25, 0.3) is 0 Å². The molecule has 1 heterocycles. The minimum atomic E-state index is -1.09. The number of rotatable bonds is 3. The highest BCUT2D eigenvalue weighted by molar-refractivity contribution is 5.85. The van der Waals surface area contributed by atoms with Crippen molar-refractivity contribution in [3.63, 3.8) is 0 Å². The first kappa shape index (κ1) is 8.53. The van der Waals surface area contributed by atoms with Crippen LogP contribution in [0.1, 0.15) is 19.3 Å². The third-order valence-electron chi connectivity index (χ3n) is 2.72. The molecule has 0 radical (unpaired) electrons. The lowest BCUT2D eigenvalue weighted by Crippen LogP contribution is -2.34. The van der Waals surface area contributed by atoms with Crippen LogP contribution >= 0.6 is 0 Å². The first-order chi connectivity index (χ1) is 6.16. The maximum Gasteiger partial charge on any atom is 0.223 e. The maximum atomic E-state index is 11.3. The summed E-state index contributed by atoms with van der Waals surface area (Å²) >= 11 is 0. The molecule has 1 saturated carbocycles. The van der Waals surface area contributed by atoms with E-state index in [2.05, 4.69) is 0 Å². The molecule has 2 fully saturated rings. The van der Waals surface area contributed by atoms with E-state index in [-0.39, 0.29) is 12.3 Å². The van der Waals surface area contributed by atoms with Gasteiger partial charge in [-0.2, -0.15) is 0 Å². The Morgan fingerprint density at radius 1 is 1.54 bits per heavy atom. The molecule has 1 aliphatic carbocycles. The number of amides is 1. The van der Waals surface area contributed by atoms with Gasteiger partial charge in [0, 0.05) is 31.4 Å². The summed E-state index contributed by atoms with van der Waals surface area (Å²) in [5, 5.41) is 10.5. The quantitative estimate of drug-likeness (QED) is 0.562. The second kappa shape index (κ2) is 3.01. The lowest BCUT2D eigenvalue weighted by molar-refractivity contribution is -0.311. The van der Waals surface area contributed by atoms with Crippen molar-refractivity contribution in [2.45, 2.75) is 19.3 Å². The molecule has 1 amide bonds. The van der Waals surface area contributed by atoms with E-state index in [0.717, 1.165) is 6.54 Å². The Balaban J connectivity index is 1.90. The maximum absolute atomic E-state index is 11.3. The van der Waals surface area contributed by atoms with Crippen LogP contribution in [0, 0.1) is 11.8 Å². The van der Waals surface area contributed by atoms with Gasteiger partial charge in [-0.3, -0.25) is 4.79 Å². The van der Waals surface area contributed by atoms with E-state index in [1.807, 2.05) is 0 Å². The lowest BCUT2D eigenvalue weighted by atomic mass is 10.1. The highest BCUT2D eigenvalue weighted by Crippen LogP contribution is 2.31. The van der Waals surface area contributed by atoms with Crippen molar-refractivity contribution in [3.8, 4) is 0 Å². The zero-order chi connectivity index (χ0) is 9.42. The van der Waals surface area contributed by atoms with Crippen LogP contribution in [0.5, 0.6) is 0 Å². The number of carbonyl (C=O) groups excluding carboxylic acids is 2. The summed E-state index contributed by atoms with van der Waals surface area (Å²) in [5.74, 6) is -1.07. The van der Waals surface area contributed by atoms with Crippen molar-refractivity contribution in [1.29, 1.82) is 0 Å². The van der Waals surface area contributed by atoms with Crippen LogP contribution in [-0.4, -0.2) is 29.9 Å². The molecule has 0 aromatic heterocycles. The van der Waals surface area contributed by atoms with Gasteiger partial charge in [0.05, 0.1) is 0 Å². The SMILES string of the molecule is O=C([O-])[C@H]1CC(=O)N(CC2CC2)C1. The fourth-order valence-corrected chi connectivity index (χ4v) is 1.72. The highest BCUT2D eigenvalue weighted by atomic mass is 16.4. The van der Waals surface area contributed by atoms with Gasteiger partial charge in [0.2, 0.25) is 5.91 Å². The molecule has 1 atom stereocenters. The molecule has 0 aromatic carbocycles. The highest BCUT2D eigenvalue weighted by Gasteiger charge is 2.34. The van der Waals surface area contributed by atoms with E-state index >= 15 is 0 Å². The van der Waals surface area contributed by atoms with Gasteiger partial charge < -0.3 is 14.8 Å². The number of hydrogen-bond donors (Lipinski definition) is 0. The first-order valence-corrected chi connectivity index (χ1v) is 4.65. The molecule has 0 spiro atoms. The van der Waals surface area contributed by atoms with Crippen LogP contribution in [0.2, 0.25) is 0 Å². The number of likely N-dealkylation sites (tertiary alicyclic amines) is 1. The van der Waals surface area contributed by atoms with Crippen LogP contribution in [0.4, 0.5) is 0 Å². The van der Waals surface area contributed by atoms with Crippen LogP contribution < -0.4 is 5.11 Å². The van der Waals surface area contributed by atoms with E-state index in [1.54, 1.807) is 4.90 Å². The molecular weight excluding hydrogens is 170 g/mol. The summed E-state index contributed by atoms with van der Waals surface area (Å²) in [7, 11) is 0. The molecule has 4 heteroatoms. The Bertz CT molecular complexity index is 247. The number of hydrogen-bond acceptors (Lipinski definition) is 3. The monoisotopic (exact) mass is 182 g/mol. The molecule has 2 rings (SSSR count). The minimum absolute atomic E-state index is 0.0268. The normalized spacial score (nSPS) is 28.2. The van der Waals surface area contributed by atoms with Gasteiger partial charge >= 0.3 is 0 Å². The van der Waals surface area contributed by atoms with E-state index < -0.39 is 11.9 Å². The van der Waals surface area contributed by atoms with E-state index in [4.69, 9.17) is 0 Å². The fourth-order valence-electron chi connectivity index (χ4n) is 1.72. The molecular formula is C9H12NO3-. The third kappa shape index (κ3) is 1.82. The van der Waals surface area contributed by atoms with Gasteiger partial charge in [0.25, 0.3) is 0 Å². The molecule has 13 heavy (non-hydrogen) atoms. The lowest BCUT2D eigenvalue weighted by Gasteiger charge is -2.16. The third-order valence-corrected chi connectivity index (χ3v) is 2.72. The predicted octanol–water partition coefficient (Wildman–Crippen LogP) is -1.01. The number of carboxylic acid groups (broad SMARTS) is 1. The molecule has 0 N–H and O–H groups in total. The summed E-state index contributed by atoms with van der Waals surface area (Å²) in [6.45, 7) is 1.11. The van der Waals surface area contributed by atoms with Crippen molar-refractivity contribution in [3.05, 3.63) is 0 Å². The van der Waals surface area contributed by atoms with Crippen molar-refractivity contribution >= 4 is 11.9 Å².